The molecule has 0 spiro atoms. The van der Waals surface area contributed by atoms with E-state index in [0.29, 0.717) is 26.4 Å². The van der Waals surface area contributed by atoms with Gasteiger partial charge in [0.1, 0.15) is 5.75 Å². The van der Waals surface area contributed by atoms with Crippen LogP contribution in [0, 0.1) is 0 Å². The van der Waals surface area contributed by atoms with Crippen LogP contribution in [0.3, 0.4) is 0 Å². The van der Waals surface area contributed by atoms with E-state index in [1.54, 1.807) is 0 Å². The molecule has 5 nitrogen and oxygen atoms in total. The van der Waals surface area contributed by atoms with Gasteiger partial charge in [-0.1, -0.05) is 0 Å². The van der Waals surface area contributed by atoms with Crippen LogP contribution in [0.4, 0.5) is 5.69 Å². The van der Waals surface area contributed by atoms with Gasteiger partial charge in [-0.05, 0) is 51.5 Å². The first kappa shape index (κ1) is 18.0. The Balaban J connectivity index is 2.43. The number of ether oxygens (including phenoxy) is 1. The van der Waals surface area contributed by atoms with E-state index >= 15 is 0 Å². The van der Waals surface area contributed by atoms with E-state index in [9.17, 15) is 0 Å². The maximum atomic E-state index is 5.80. The zero-order valence-corrected chi connectivity index (χ0v) is 14.3. The third-order valence-corrected chi connectivity index (χ3v) is 6.02. The van der Waals surface area contributed by atoms with Crippen LogP contribution in [0.2, 0.25) is 6.04 Å². The Morgan fingerprint density at radius 3 is 1.90 bits per heavy atom. The molecular formula is C15H27NO4Si. The summed E-state index contributed by atoms with van der Waals surface area (Å²) >= 11 is 0. The highest BCUT2D eigenvalue weighted by Gasteiger charge is 2.39. The fourth-order valence-electron chi connectivity index (χ4n) is 2.04. The Morgan fingerprint density at radius 2 is 1.43 bits per heavy atom. The second kappa shape index (κ2) is 9.78. The Morgan fingerprint density at radius 1 is 0.905 bits per heavy atom. The van der Waals surface area contributed by atoms with Gasteiger partial charge in [0.2, 0.25) is 0 Å². The molecular weight excluding hydrogens is 286 g/mol. The van der Waals surface area contributed by atoms with Gasteiger partial charge in [-0.2, -0.15) is 0 Å². The predicted molar refractivity (Wildman–Crippen MR) is 86.4 cm³/mol. The minimum absolute atomic E-state index is 0.602. The second-order valence-corrected chi connectivity index (χ2v) is 7.24. The molecule has 0 fully saturated rings. The van der Waals surface area contributed by atoms with Crippen molar-refractivity contribution in [1.29, 1.82) is 0 Å². The lowest BCUT2D eigenvalue weighted by Gasteiger charge is -2.28. The molecule has 0 atom stereocenters. The van der Waals surface area contributed by atoms with E-state index in [2.05, 4.69) is 0 Å². The van der Waals surface area contributed by atoms with Crippen molar-refractivity contribution in [1.82, 2.24) is 0 Å². The fourth-order valence-corrected chi connectivity index (χ4v) is 4.62. The van der Waals surface area contributed by atoms with Crippen LogP contribution >= 0.6 is 0 Å². The minimum atomic E-state index is -2.54. The van der Waals surface area contributed by atoms with E-state index in [4.69, 9.17) is 23.7 Å². The number of hydrogen-bond acceptors (Lipinski definition) is 5. The van der Waals surface area contributed by atoms with Crippen molar-refractivity contribution in [2.24, 2.45) is 0 Å². The standard InChI is InChI=1S/C15H27NO4Si/c1-4-18-21(19-5-2,20-6-3)13-7-12-17-15-10-8-14(16)9-11-15/h8-11H,4-7,12-13,16H2,1-3H3. The zero-order valence-electron chi connectivity index (χ0n) is 13.3. The summed E-state index contributed by atoms with van der Waals surface area (Å²) in [6, 6.07) is 8.16. The first-order chi connectivity index (χ1) is 10.2. The summed E-state index contributed by atoms with van der Waals surface area (Å²) in [6.45, 7) is 8.30. The number of nitrogens with two attached hydrogens (primary N) is 1. The molecule has 1 aromatic rings. The Bertz CT molecular complexity index is 369. The molecule has 0 heterocycles. The third kappa shape index (κ3) is 6.47. The van der Waals surface area contributed by atoms with Gasteiger partial charge in [-0.3, -0.25) is 0 Å². The fraction of sp³-hybridized carbons (Fsp3) is 0.600. The van der Waals surface area contributed by atoms with Gasteiger partial charge in [-0.25, -0.2) is 0 Å². The molecule has 1 rings (SSSR count). The van der Waals surface area contributed by atoms with E-state index in [1.165, 1.54) is 0 Å². The van der Waals surface area contributed by atoms with Crippen LogP contribution in [0.5, 0.6) is 5.75 Å². The molecule has 0 aliphatic carbocycles. The van der Waals surface area contributed by atoms with Crippen LogP contribution in [-0.2, 0) is 13.3 Å². The molecule has 0 amide bonds. The van der Waals surface area contributed by atoms with Gasteiger partial charge in [0, 0.05) is 31.6 Å². The summed E-state index contributed by atoms with van der Waals surface area (Å²) in [6.07, 6.45) is 0.830. The zero-order chi connectivity index (χ0) is 15.6. The molecule has 6 heteroatoms. The molecule has 1 aromatic carbocycles. The van der Waals surface area contributed by atoms with Crippen LogP contribution in [0.15, 0.2) is 24.3 Å². The van der Waals surface area contributed by atoms with Crippen molar-refractivity contribution < 1.29 is 18.0 Å². The summed E-state index contributed by atoms with van der Waals surface area (Å²) < 4.78 is 23.1. The normalized spacial score (nSPS) is 11.6. The highest BCUT2D eigenvalue weighted by molar-refractivity contribution is 6.60. The van der Waals surface area contributed by atoms with Crippen molar-refractivity contribution in [3.63, 3.8) is 0 Å². The third-order valence-electron chi connectivity index (χ3n) is 2.87. The first-order valence-electron chi connectivity index (χ1n) is 7.56. The molecule has 0 aliphatic heterocycles. The number of rotatable bonds is 11. The van der Waals surface area contributed by atoms with Crippen LogP contribution in [-0.4, -0.2) is 35.2 Å². The van der Waals surface area contributed by atoms with Crippen LogP contribution < -0.4 is 10.5 Å². The van der Waals surface area contributed by atoms with Crippen LogP contribution in [0.1, 0.15) is 27.2 Å². The second-order valence-electron chi connectivity index (χ2n) is 4.50. The van der Waals surface area contributed by atoms with Crippen LogP contribution in [0.25, 0.3) is 0 Å². The van der Waals surface area contributed by atoms with Crippen molar-refractivity contribution in [3.05, 3.63) is 24.3 Å². The highest BCUT2D eigenvalue weighted by atomic mass is 28.4. The summed E-state index contributed by atoms with van der Waals surface area (Å²) in [4.78, 5) is 0. The predicted octanol–water partition coefficient (Wildman–Crippen LogP) is 3.09. The topological polar surface area (TPSA) is 62.9 Å². The van der Waals surface area contributed by atoms with Gasteiger partial charge < -0.3 is 23.7 Å². The minimum Gasteiger partial charge on any atom is -0.494 e. The lowest BCUT2D eigenvalue weighted by molar-refractivity contribution is 0.0696. The van der Waals surface area contributed by atoms with Gasteiger partial charge in [0.05, 0.1) is 6.61 Å². The number of hydrogen-bond donors (Lipinski definition) is 1. The van der Waals surface area contributed by atoms with E-state index < -0.39 is 8.80 Å². The molecule has 21 heavy (non-hydrogen) atoms. The molecule has 0 aromatic heterocycles. The monoisotopic (exact) mass is 313 g/mol. The molecule has 0 unspecified atom stereocenters. The lowest BCUT2D eigenvalue weighted by Crippen LogP contribution is -2.46. The van der Waals surface area contributed by atoms with Crippen molar-refractivity contribution in [2.75, 3.05) is 32.2 Å². The van der Waals surface area contributed by atoms with Gasteiger partial charge in [0.15, 0.2) is 0 Å². The maximum Gasteiger partial charge on any atom is 0.501 e. The lowest BCUT2D eigenvalue weighted by atomic mass is 10.3. The van der Waals surface area contributed by atoms with E-state index in [-0.39, 0.29) is 0 Å². The first-order valence-corrected chi connectivity index (χ1v) is 9.49. The quantitative estimate of drug-likeness (QED) is 0.386. The molecule has 120 valence electrons. The Labute approximate surface area is 128 Å². The summed E-state index contributed by atoms with van der Waals surface area (Å²) in [5.74, 6) is 0.820. The average molecular weight is 313 g/mol. The molecule has 0 radical (unpaired) electrons. The molecule has 0 saturated carbocycles. The summed E-state index contributed by atoms with van der Waals surface area (Å²) in [7, 11) is -2.54. The maximum absolute atomic E-state index is 5.80. The van der Waals surface area contributed by atoms with Crippen molar-refractivity contribution in [3.8, 4) is 5.75 Å². The molecule has 0 saturated heterocycles. The smallest absolute Gasteiger partial charge is 0.494 e. The molecule has 2 N–H and O–H groups in total. The Kier molecular flexibility index (Phi) is 8.37. The number of nitrogen functional groups attached to an aromatic ring is 1. The van der Waals surface area contributed by atoms with Gasteiger partial charge in [-0.15, -0.1) is 0 Å². The van der Waals surface area contributed by atoms with E-state index in [0.717, 1.165) is 23.9 Å². The van der Waals surface area contributed by atoms with E-state index in [1.807, 2.05) is 45.0 Å². The highest BCUT2D eigenvalue weighted by Crippen LogP contribution is 2.19. The summed E-state index contributed by atoms with van der Waals surface area (Å²) in [5.41, 5.74) is 6.37. The summed E-state index contributed by atoms with van der Waals surface area (Å²) in [5, 5.41) is 0. The SMILES string of the molecule is CCO[Si](CCCOc1ccc(N)cc1)(OCC)OCC. The molecule has 0 aliphatic rings. The number of anilines is 1. The molecule has 0 bridgehead atoms. The van der Waals surface area contributed by atoms with Gasteiger partial charge in [0.25, 0.3) is 0 Å². The largest absolute Gasteiger partial charge is 0.501 e. The Hall–Kier alpha value is -1.08. The number of benzene rings is 1. The van der Waals surface area contributed by atoms with Crippen molar-refractivity contribution in [2.45, 2.75) is 33.2 Å². The van der Waals surface area contributed by atoms with Crippen molar-refractivity contribution >= 4 is 14.5 Å². The van der Waals surface area contributed by atoms with Gasteiger partial charge >= 0.3 is 8.80 Å². The average Bonchev–Trinajstić information content (AvgIpc) is 2.46.